The summed E-state index contributed by atoms with van der Waals surface area (Å²) >= 11 is 0. The van der Waals surface area contributed by atoms with E-state index in [0.717, 1.165) is 53.5 Å². The van der Waals surface area contributed by atoms with Crippen LogP contribution in [0.3, 0.4) is 0 Å². The molecule has 1 N–H and O–H groups in total. The molecule has 4 aromatic rings. The van der Waals surface area contributed by atoms with Crippen LogP contribution in [0.1, 0.15) is 74.0 Å². The Labute approximate surface area is 253 Å². The van der Waals surface area contributed by atoms with E-state index in [2.05, 4.69) is 5.32 Å². The van der Waals surface area contributed by atoms with Gasteiger partial charge in [0.1, 0.15) is 17.2 Å². The lowest BCUT2D eigenvalue weighted by Crippen LogP contribution is -2.63. The predicted molar refractivity (Wildman–Crippen MR) is 168 cm³/mol. The van der Waals surface area contributed by atoms with Gasteiger partial charge in [0.15, 0.2) is 5.54 Å². The van der Waals surface area contributed by atoms with Crippen LogP contribution >= 0.6 is 0 Å². The van der Waals surface area contributed by atoms with Crippen molar-refractivity contribution in [2.24, 2.45) is 0 Å². The van der Waals surface area contributed by atoms with Crippen LogP contribution in [-0.2, 0) is 23.4 Å². The first-order valence-corrected chi connectivity index (χ1v) is 15.5. The van der Waals surface area contributed by atoms with E-state index < -0.39 is 5.54 Å². The second-order valence-electron chi connectivity index (χ2n) is 12.1. The number of fused-ring (bicyclic) bond motifs is 3. The molecule has 1 atom stereocenters. The van der Waals surface area contributed by atoms with E-state index in [1.165, 1.54) is 12.8 Å². The zero-order valence-corrected chi connectivity index (χ0v) is 25.3. The maximum Gasteiger partial charge on any atom is 0.272 e. The number of ether oxygens (including phenoxy) is 2. The van der Waals surface area contributed by atoms with E-state index in [9.17, 15) is 9.59 Å². The Kier molecular flexibility index (Phi) is 8.15. The number of aromatic nitrogens is 1. The highest BCUT2D eigenvalue weighted by Crippen LogP contribution is 2.41. The smallest absolute Gasteiger partial charge is 0.272 e. The van der Waals surface area contributed by atoms with Gasteiger partial charge < -0.3 is 24.3 Å². The number of carbonyl (C=O) groups excluding carboxylic acids is 2. The molecule has 7 nitrogen and oxygen atoms in total. The van der Waals surface area contributed by atoms with Crippen LogP contribution in [0.25, 0.3) is 10.9 Å². The summed E-state index contributed by atoms with van der Waals surface area (Å²) < 4.78 is 13.4. The van der Waals surface area contributed by atoms with Gasteiger partial charge in [0.25, 0.3) is 11.8 Å². The summed E-state index contributed by atoms with van der Waals surface area (Å²) in [7, 11) is 1.64. The molecule has 2 aliphatic rings. The fourth-order valence-electron chi connectivity index (χ4n) is 6.68. The highest BCUT2D eigenvalue weighted by atomic mass is 16.5. The Hall–Kier alpha value is -4.26. The van der Waals surface area contributed by atoms with Crippen molar-refractivity contribution >= 4 is 22.7 Å². The van der Waals surface area contributed by atoms with Crippen LogP contribution in [0.5, 0.6) is 11.5 Å². The summed E-state index contributed by atoms with van der Waals surface area (Å²) in [6.45, 7) is 4.56. The number of methoxy groups -OCH3 is 1. The lowest BCUT2D eigenvalue weighted by atomic mass is 9.83. The van der Waals surface area contributed by atoms with E-state index in [4.69, 9.17) is 9.47 Å². The van der Waals surface area contributed by atoms with Crippen molar-refractivity contribution in [3.8, 4) is 11.5 Å². The van der Waals surface area contributed by atoms with Crippen molar-refractivity contribution < 1.29 is 19.1 Å². The minimum Gasteiger partial charge on any atom is -0.497 e. The lowest BCUT2D eigenvalue weighted by Gasteiger charge is -2.47. The van der Waals surface area contributed by atoms with Crippen molar-refractivity contribution in [2.45, 2.75) is 83.1 Å². The molecular formula is C36H41N3O4. The molecule has 224 valence electrons. The Balaban J connectivity index is 1.49. The van der Waals surface area contributed by atoms with Gasteiger partial charge in [0.2, 0.25) is 0 Å². The van der Waals surface area contributed by atoms with Gasteiger partial charge in [0.05, 0.1) is 25.3 Å². The molecule has 1 saturated carbocycles. The van der Waals surface area contributed by atoms with E-state index in [-0.39, 0.29) is 30.5 Å². The maximum atomic E-state index is 14.9. The molecule has 0 bridgehead atoms. The molecule has 2 heterocycles. The third-order valence-corrected chi connectivity index (χ3v) is 8.88. The minimum absolute atomic E-state index is 0.0634. The Bertz CT molecular complexity index is 1590. The molecule has 2 amide bonds. The average molecular weight is 580 g/mol. The quantitative estimate of drug-likeness (QED) is 0.232. The average Bonchev–Trinajstić information content (AvgIpc) is 3.17. The number of carbonyl (C=O) groups is 2. The van der Waals surface area contributed by atoms with Gasteiger partial charge in [-0.2, -0.15) is 0 Å². The second-order valence-corrected chi connectivity index (χ2v) is 12.1. The topological polar surface area (TPSA) is 72.8 Å². The van der Waals surface area contributed by atoms with Gasteiger partial charge in [-0.3, -0.25) is 9.59 Å². The van der Waals surface area contributed by atoms with Crippen LogP contribution in [0.4, 0.5) is 0 Å². The monoisotopic (exact) mass is 579 g/mol. The van der Waals surface area contributed by atoms with Crippen LogP contribution in [0.2, 0.25) is 0 Å². The molecule has 7 heteroatoms. The second kappa shape index (κ2) is 12.2. The summed E-state index contributed by atoms with van der Waals surface area (Å²) in [6, 6.07) is 25.5. The molecule has 43 heavy (non-hydrogen) atoms. The lowest BCUT2D eigenvalue weighted by molar-refractivity contribution is -0.136. The number of nitrogens with one attached hydrogen (secondary N) is 1. The molecule has 3 aromatic carbocycles. The highest BCUT2D eigenvalue weighted by Gasteiger charge is 2.52. The highest BCUT2D eigenvalue weighted by molar-refractivity contribution is 6.04. The molecule has 1 aliphatic carbocycles. The van der Waals surface area contributed by atoms with E-state index in [0.29, 0.717) is 18.0 Å². The minimum atomic E-state index is -1.26. The number of nitrogens with zero attached hydrogens (tertiary/aromatic N) is 2. The zero-order chi connectivity index (χ0) is 30.0. The maximum absolute atomic E-state index is 14.9. The molecule has 6 rings (SSSR count). The normalized spacial score (nSPS) is 19.3. The Morgan fingerprint density at radius 2 is 1.63 bits per heavy atom. The summed E-state index contributed by atoms with van der Waals surface area (Å²) in [4.78, 5) is 31.3. The first-order valence-electron chi connectivity index (χ1n) is 15.5. The Morgan fingerprint density at radius 3 is 2.30 bits per heavy atom. The van der Waals surface area contributed by atoms with Gasteiger partial charge in [-0.05, 0) is 68.1 Å². The van der Waals surface area contributed by atoms with E-state index >= 15 is 0 Å². The summed E-state index contributed by atoms with van der Waals surface area (Å²) in [5.74, 6) is 1.18. The summed E-state index contributed by atoms with van der Waals surface area (Å²) in [6.07, 6.45) is 6.56. The third-order valence-electron chi connectivity index (χ3n) is 8.88. The third kappa shape index (κ3) is 5.61. The van der Waals surface area contributed by atoms with E-state index in [1.807, 2.05) is 97.3 Å². The van der Waals surface area contributed by atoms with Crippen LogP contribution < -0.4 is 14.8 Å². The summed E-state index contributed by atoms with van der Waals surface area (Å²) in [5, 5.41) is 4.38. The van der Waals surface area contributed by atoms with Crippen molar-refractivity contribution in [1.82, 2.24) is 14.8 Å². The SMILES string of the molecule is COc1ccc2cc3n(c2c1)C[C@](C(=O)NC1CCCCCC1)(c1ccccc1)N(Cc1ccc(OC(C)C)cc1)C3=O. The zero-order valence-electron chi connectivity index (χ0n) is 25.3. The molecule has 1 aromatic heterocycles. The first kappa shape index (κ1) is 28.8. The van der Waals surface area contributed by atoms with Crippen LogP contribution in [0, 0.1) is 0 Å². The van der Waals surface area contributed by atoms with Crippen LogP contribution in [-0.4, -0.2) is 40.5 Å². The number of amides is 2. The van der Waals surface area contributed by atoms with Crippen molar-refractivity contribution in [2.75, 3.05) is 7.11 Å². The van der Waals surface area contributed by atoms with Gasteiger partial charge in [-0.1, -0.05) is 68.1 Å². The van der Waals surface area contributed by atoms with Gasteiger partial charge >= 0.3 is 0 Å². The van der Waals surface area contributed by atoms with Gasteiger partial charge in [-0.25, -0.2) is 0 Å². The molecule has 0 radical (unpaired) electrons. The number of hydrogen-bond donors (Lipinski definition) is 1. The van der Waals surface area contributed by atoms with E-state index in [1.54, 1.807) is 12.0 Å². The molecule has 1 fully saturated rings. The largest absolute Gasteiger partial charge is 0.497 e. The predicted octanol–water partition coefficient (Wildman–Crippen LogP) is 6.83. The molecule has 1 aliphatic heterocycles. The first-order chi connectivity index (χ1) is 20.9. The Morgan fingerprint density at radius 1 is 0.930 bits per heavy atom. The standard InChI is InChI=1S/C36H41N3O4/c1-25(2)43-30-18-15-26(16-19-30)23-39-34(40)33-21-27-17-20-31(42-3)22-32(27)38(33)24-36(39,28-11-7-6-8-12-28)35(41)37-29-13-9-4-5-10-14-29/h6-8,11-12,15-22,25,29H,4-5,9-10,13-14,23-24H2,1-3H3,(H,37,41)/t36-/m1/s1. The van der Waals surface area contributed by atoms with Crippen molar-refractivity contribution in [3.05, 3.63) is 95.7 Å². The molecular weight excluding hydrogens is 538 g/mol. The molecule has 0 unspecified atom stereocenters. The molecule has 0 saturated heterocycles. The summed E-state index contributed by atoms with van der Waals surface area (Å²) in [5.41, 5.74) is 1.90. The van der Waals surface area contributed by atoms with Crippen molar-refractivity contribution in [3.63, 3.8) is 0 Å². The number of rotatable bonds is 8. The number of benzene rings is 3. The van der Waals surface area contributed by atoms with Gasteiger partial charge in [-0.15, -0.1) is 0 Å². The van der Waals surface area contributed by atoms with Gasteiger partial charge in [0, 0.05) is 24.0 Å². The molecule has 0 spiro atoms. The van der Waals surface area contributed by atoms with Crippen LogP contribution in [0.15, 0.2) is 78.9 Å². The fraction of sp³-hybridized carbons (Fsp3) is 0.389. The fourth-order valence-corrected chi connectivity index (χ4v) is 6.68. The van der Waals surface area contributed by atoms with Crippen molar-refractivity contribution in [1.29, 1.82) is 0 Å². The number of hydrogen-bond acceptors (Lipinski definition) is 4.